The minimum Gasteiger partial charge on any atom is -0.449 e. The predicted molar refractivity (Wildman–Crippen MR) is 75.7 cm³/mol. The van der Waals surface area contributed by atoms with Gasteiger partial charge in [0.25, 0.3) is 0 Å². The van der Waals surface area contributed by atoms with Gasteiger partial charge in [-0.25, -0.2) is 4.79 Å². The lowest BCUT2D eigenvalue weighted by molar-refractivity contribution is -0.113. The van der Waals surface area contributed by atoms with Gasteiger partial charge < -0.3 is 14.8 Å². The Hall–Kier alpha value is -0.370. The molecule has 0 aromatic rings. The third-order valence-corrected chi connectivity index (χ3v) is 3.45. The molecule has 1 fully saturated rings. The van der Waals surface area contributed by atoms with Crippen LogP contribution in [0.1, 0.15) is 27.2 Å². The number of alkyl carbamates (subject to hydrolysis) is 1. The van der Waals surface area contributed by atoms with E-state index in [1.54, 1.807) is 22.6 Å². The molecule has 1 aliphatic rings. The highest BCUT2D eigenvalue weighted by Gasteiger charge is 2.31. The first kappa shape index (κ1) is 15.7. The van der Waals surface area contributed by atoms with Crippen molar-refractivity contribution >= 4 is 32.5 Å². The van der Waals surface area contributed by atoms with Crippen molar-refractivity contribution in [2.45, 2.75) is 33.2 Å². The fourth-order valence-corrected chi connectivity index (χ4v) is 2.77. The van der Waals surface area contributed by atoms with Crippen molar-refractivity contribution in [1.82, 2.24) is 5.32 Å². The molecule has 0 spiro atoms. The van der Waals surface area contributed by atoms with Crippen LogP contribution in [0, 0.1) is 11.3 Å². The second kappa shape index (κ2) is 6.70. The number of carbonyl (C=O) groups excluding carboxylic acids is 2. The van der Waals surface area contributed by atoms with Crippen molar-refractivity contribution in [1.29, 1.82) is 0 Å². The van der Waals surface area contributed by atoms with Gasteiger partial charge in [0.2, 0.25) is 3.79 Å². The zero-order valence-electron chi connectivity index (χ0n) is 11.0. The first-order valence-electron chi connectivity index (χ1n) is 6.01. The van der Waals surface area contributed by atoms with Crippen LogP contribution in [-0.4, -0.2) is 35.7 Å². The van der Waals surface area contributed by atoms with Gasteiger partial charge in [0.1, 0.15) is 6.04 Å². The summed E-state index contributed by atoms with van der Waals surface area (Å²) in [5.41, 5.74) is -0.326. The van der Waals surface area contributed by atoms with E-state index in [0.717, 1.165) is 13.0 Å². The monoisotopic (exact) mass is 369 g/mol. The van der Waals surface area contributed by atoms with Crippen LogP contribution in [0.15, 0.2) is 0 Å². The van der Waals surface area contributed by atoms with Crippen LogP contribution in [0.2, 0.25) is 0 Å². The topological polar surface area (TPSA) is 64.6 Å². The fourth-order valence-electron chi connectivity index (χ4n) is 1.68. The number of rotatable bonds is 4. The van der Waals surface area contributed by atoms with Crippen molar-refractivity contribution in [3.8, 4) is 0 Å². The maximum Gasteiger partial charge on any atom is 0.407 e. The van der Waals surface area contributed by atoms with E-state index in [1.165, 1.54) is 0 Å². The summed E-state index contributed by atoms with van der Waals surface area (Å²) in [6.07, 6.45) is 0.383. The quantitative estimate of drug-likeness (QED) is 0.609. The van der Waals surface area contributed by atoms with Crippen molar-refractivity contribution in [2.24, 2.45) is 11.3 Å². The molecule has 0 radical (unpaired) electrons. The molecule has 1 heterocycles. The normalized spacial score (nSPS) is 21.4. The molecule has 104 valence electrons. The lowest BCUT2D eigenvalue weighted by atomic mass is 9.88. The van der Waals surface area contributed by atoms with Gasteiger partial charge in [0.15, 0.2) is 0 Å². The van der Waals surface area contributed by atoms with Crippen molar-refractivity contribution in [3.05, 3.63) is 0 Å². The molecular weight excluding hydrogens is 349 g/mol. The Bertz CT molecular complexity index is 308. The Kier molecular flexibility index (Phi) is 5.84. The first-order chi connectivity index (χ1) is 8.30. The molecule has 2 atom stereocenters. The van der Waals surface area contributed by atoms with Gasteiger partial charge in [-0.2, -0.15) is 0 Å². The molecule has 0 aliphatic carbocycles. The lowest BCUT2D eigenvalue weighted by Crippen LogP contribution is -2.47. The number of amides is 1. The minimum absolute atomic E-state index is 0.0961. The van der Waals surface area contributed by atoms with Crippen molar-refractivity contribution < 1.29 is 19.1 Å². The average Bonchev–Trinajstić information content (AvgIpc) is 2.73. The number of halogens is 1. The summed E-state index contributed by atoms with van der Waals surface area (Å²) in [4.78, 5) is 23.1. The predicted octanol–water partition coefficient (Wildman–Crippen LogP) is 2.13. The molecule has 1 N–H and O–H groups in total. The molecule has 18 heavy (non-hydrogen) atoms. The van der Waals surface area contributed by atoms with Gasteiger partial charge in [-0.05, 0) is 11.8 Å². The SMILES string of the molecule is CC(C)(C)C(NC(=O)OCC1CCOC1)C(=O)I. The third-order valence-electron chi connectivity index (χ3n) is 2.83. The average molecular weight is 369 g/mol. The van der Waals surface area contributed by atoms with E-state index in [1.807, 2.05) is 20.8 Å². The fraction of sp³-hybridized carbons (Fsp3) is 0.833. The summed E-state index contributed by atoms with van der Waals surface area (Å²) in [5.74, 6) is 0.277. The van der Waals surface area contributed by atoms with Crippen LogP contribution in [-0.2, 0) is 14.3 Å². The van der Waals surface area contributed by atoms with E-state index >= 15 is 0 Å². The molecule has 0 aromatic carbocycles. The van der Waals surface area contributed by atoms with Crippen LogP contribution < -0.4 is 5.32 Å². The molecule has 5 nitrogen and oxygen atoms in total. The van der Waals surface area contributed by atoms with Gasteiger partial charge in [-0.1, -0.05) is 20.8 Å². The van der Waals surface area contributed by atoms with E-state index in [-0.39, 0.29) is 15.1 Å². The van der Waals surface area contributed by atoms with Crippen LogP contribution in [0.3, 0.4) is 0 Å². The van der Waals surface area contributed by atoms with Gasteiger partial charge in [0, 0.05) is 35.1 Å². The highest BCUT2D eigenvalue weighted by molar-refractivity contribution is 14.1. The minimum atomic E-state index is -0.537. The van der Waals surface area contributed by atoms with Gasteiger partial charge in [-0.3, -0.25) is 4.79 Å². The zero-order chi connectivity index (χ0) is 13.8. The van der Waals surface area contributed by atoms with E-state index in [2.05, 4.69) is 5.32 Å². The molecule has 1 rings (SSSR count). The molecule has 0 aromatic heterocycles. The van der Waals surface area contributed by atoms with Crippen LogP contribution in [0.5, 0.6) is 0 Å². The van der Waals surface area contributed by atoms with E-state index < -0.39 is 12.1 Å². The summed E-state index contributed by atoms with van der Waals surface area (Å²) in [6.45, 7) is 7.42. The summed E-state index contributed by atoms with van der Waals surface area (Å²) < 4.78 is 10.2. The lowest BCUT2D eigenvalue weighted by Gasteiger charge is -2.28. The number of hydrogen-bond acceptors (Lipinski definition) is 4. The van der Waals surface area contributed by atoms with E-state index in [9.17, 15) is 9.59 Å². The maximum atomic E-state index is 11.6. The molecule has 1 amide bonds. The Morgan fingerprint density at radius 3 is 2.61 bits per heavy atom. The molecule has 6 heteroatoms. The van der Waals surface area contributed by atoms with E-state index in [0.29, 0.717) is 13.2 Å². The van der Waals surface area contributed by atoms with Crippen molar-refractivity contribution in [2.75, 3.05) is 19.8 Å². The Labute approximate surface area is 121 Å². The number of carbonyl (C=O) groups is 2. The van der Waals surface area contributed by atoms with Crippen LogP contribution >= 0.6 is 22.6 Å². The zero-order valence-corrected chi connectivity index (χ0v) is 13.2. The molecule has 1 saturated heterocycles. The summed E-state index contributed by atoms with van der Waals surface area (Å²) in [5, 5.41) is 2.62. The van der Waals surface area contributed by atoms with E-state index in [4.69, 9.17) is 9.47 Å². The van der Waals surface area contributed by atoms with Crippen molar-refractivity contribution in [3.63, 3.8) is 0 Å². The third kappa shape index (κ3) is 5.09. The van der Waals surface area contributed by atoms with Crippen LogP contribution in [0.25, 0.3) is 0 Å². The van der Waals surface area contributed by atoms with Gasteiger partial charge >= 0.3 is 6.09 Å². The second-order valence-corrected chi connectivity index (χ2v) is 6.64. The Morgan fingerprint density at radius 1 is 1.50 bits per heavy atom. The summed E-state index contributed by atoms with van der Waals surface area (Å²) in [6, 6.07) is -0.537. The number of hydrogen-bond donors (Lipinski definition) is 1. The molecule has 0 saturated carbocycles. The highest BCUT2D eigenvalue weighted by atomic mass is 127. The number of nitrogens with one attached hydrogen (secondary N) is 1. The smallest absolute Gasteiger partial charge is 0.407 e. The molecule has 2 unspecified atom stereocenters. The summed E-state index contributed by atoms with van der Waals surface area (Å²) >= 11 is 1.70. The number of ether oxygens (including phenoxy) is 2. The maximum absolute atomic E-state index is 11.6. The van der Waals surface area contributed by atoms with Gasteiger partial charge in [-0.15, -0.1) is 0 Å². The standard InChI is InChI=1S/C12H20INO4/c1-12(2,3)9(10(13)15)14-11(16)18-7-8-4-5-17-6-8/h8-9H,4-7H2,1-3H3,(H,14,16). The highest BCUT2D eigenvalue weighted by Crippen LogP contribution is 2.22. The summed E-state index contributed by atoms with van der Waals surface area (Å²) in [7, 11) is 0. The largest absolute Gasteiger partial charge is 0.449 e. The Morgan fingerprint density at radius 2 is 2.17 bits per heavy atom. The second-order valence-electron chi connectivity index (χ2n) is 5.58. The van der Waals surface area contributed by atoms with Gasteiger partial charge in [0.05, 0.1) is 13.2 Å². The first-order valence-corrected chi connectivity index (χ1v) is 7.09. The molecule has 0 bridgehead atoms. The molecular formula is C12H20INO4. The van der Waals surface area contributed by atoms with Crippen LogP contribution in [0.4, 0.5) is 4.79 Å². The Balaban J connectivity index is 2.39. The molecule has 1 aliphatic heterocycles.